The maximum Gasteiger partial charge on any atom is 0.270 e. The van der Waals surface area contributed by atoms with Crippen molar-refractivity contribution in [2.45, 2.75) is 38.1 Å². The van der Waals surface area contributed by atoms with Crippen molar-refractivity contribution in [3.8, 4) is 0 Å². The number of nitrogens with one attached hydrogen (secondary N) is 1. The maximum atomic E-state index is 13.4. The molecule has 1 saturated carbocycles. The van der Waals surface area contributed by atoms with Gasteiger partial charge in [0.2, 0.25) is 5.91 Å². The number of anilines is 1. The summed E-state index contributed by atoms with van der Waals surface area (Å²) in [5, 5.41) is 4.19. The van der Waals surface area contributed by atoms with Gasteiger partial charge in [0.25, 0.3) is 5.91 Å². The van der Waals surface area contributed by atoms with E-state index in [0.29, 0.717) is 49.3 Å². The van der Waals surface area contributed by atoms with Gasteiger partial charge < -0.3 is 10.2 Å². The minimum atomic E-state index is -0.440. The molecule has 2 fully saturated rings. The Morgan fingerprint density at radius 2 is 1.97 bits per heavy atom. The summed E-state index contributed by atoms with van der Waals surface area (Å²) in [4.78, 5) is 36.2. The van der Waals surface area contributed by atoms with Gasteiger partial charge in [-0.2, -0.15) is 0 Å². The van der Waals surface area contributed by atoms with Gasteiger partial charge in [-0.25, -0.2) is 14.4 Å². The molecule has 0 unspecified atom stereocenters. The number of amides is 2. The molecule has 2 aliphatic rings. The fraction of sp³-hybridized carbons (Fsp3) is 0.333. The molecule has 3 heterocycles. The lowest BCUT2D eigenvalue weighted by Gasteiger charge is -2.36. The third-order valence-electron chi connectivity index (χ3n) is 6.69. The minimum Gasteiger partial charge on any atom is -0.348 e. The average molecular weight is 453 g/mol. The maximum absolute atomic E-state index is 13.4. The first-order valence-corrected chi connectivity index (χ1v) is 11.1. The number of fused-ring (bicyclic) bond motifs is 1. The molecule has 1 N–H and O–H groups in total. The quantitative estimate of drug-likeness (QED) is 0.634. The summed E-state index contributed by atoms with van der Waals surface area (Å²) in [6.45, 7) is 0.565. The number of hydrogen-bond donors (Lipinski definition) is 1. The second-order valence-corrected chi connectivity index (χ2v) is 8.98. The summed E-state index contributed by atoms with van der Waals surface area (Å²) >= 11 is 6.19. The van der Waals surface area contributed by atoms with Gasteiger partial charge in [-0.05, 0) is 74.6 Å². The van der Waals surface area contributed by atoms with Crippen LogP contribution in [0, 0.1) is 11.2 Å². The van der Waals surface area contributed by atoms with Crippen molar-refractivity contribution in [1.82, 2.24) is 15.3 Å². The van der Waals surface area contributed by atoms with E-state index < -0.39 is 11.2 Å². The topological polar surface area (TPSA) is 75.2 Å². The van der Waals surface area contributed by atoms with Crippen LogP contribution in [0.4, 0.5) is 10.1 Å². The molecule has 8 heteroatoms. The van der Waals surface area contributed by atoms with Crippen LogP contribution in [0.15, 0.2) is 48.7 Å². The van der Waals surface area contributed by atoms with E-state index in [9.17, 15) is 14.0 Å². The van der Waals surface area contributed by atoms with Crippen molar-refractivity contribution in [3.63, 3.8) is 0 Å². The first-order chi connectivity index (χ1) is 15.4. The Morgan fingerprint density at radius 3 is 2.75 bits per heavy atom. The second kappa shape index (κ2) is 8.13. The predicted octanol–water partition coefficient (Wildman–Crippen LogP) is 4.52. The highest BCUT2D eigenvalue weighted by atomic mass is 35.5. The van der Waals surface area contributed by atoms with E-state index >= 15 is 0 Å². The fourth-order valence-corrected chi connectivity index (χ4v) is 5.14. The predicted molar refractivity (Wildman–Crippen MR) is 120 cm³/mol. The molecule has 6 nitrogen and oxygen atoms in total. The average Bonchev–Trinajstić information content (AvgIpc) is 3.10. The molecule has 1 aliphatic heterocycles. The van der Waals surface area contributed by atoms with Gasteiger partial charge >= 0.3 is 0 Å². The Morgan fingerprint density at radius 1 is 1.16 bits per heavy atom. The van der Waals surface area contributed by atoms with Crippen LogP contribution < -0.4 is 10.2 Å². The van der Waals surface area contributed by atoms with Gasteiger partial charge in [0.1, 0.15) is 11.5 Å². The fourth-order valence-electron chi connectivity index (χ4n) is 4.87. The summed E-state index contributed by atoms with van der Waals surface area (Å²) in [6, 6.07) is 11.4. The Balaban J connectivity index is 1.23. The van der Waals surface area contributed by atoms with E-state index in [1.807, 2.05) is 18.2 Å². The van der Waals surface area contributed by atoms with E-state index in [0.717, 1.165) is 11.8 Å². The van der Waals surface area contributed by atoms with Crippen LogP contribution in [0.5, 0.6) is 0 Å². The van der Waals surface area contributed by atoms with Gasteiger partial charge in [0.05, 0.1) is 16.1 Å². The van der Waals surface area contributed by atoms with E-state index in [1.165, 1.54) is 12.1 Å². The zero-order chi connectivity index (χ0) is 22.3. The normalized spacial score (nSPS) is 23.1. The number of halogens is 2. The first-order valence-electron chi connectivity index (χ1n) is 10.7. The summed E-state index contributed by atoms with van der Waals surface area (Å²) in [7, 11) is 0. The zero-order valence-corrected chi connectivity index (χ0v) is 18.1. The van der Waals surface area contributed by atoms with Crippen LogP contribution in [0.2, 0.25) is 5.02 Å². The van der Waals surface area contributed by atoms with Crippen molar-refractivity contribution in [3.05, 3.63) is 65.2 Å². The van der Waals surface area contributed by atoms with Crippen LogP contribution in [-0.2, 0) is 4.79 Å². The largest absolute Gasteiger partial charge is 0.348 e. The van der Waals surface area contributed by atoms with Gasteiger partial charge in [-0.3, -0.25) is 9.59 Å². The third kappa shape index (κ3) is 3.71. The number of nitrogens with zero attached hydrogens (tertiary/aromatic N) is 3. The molecule has 5 rings (SSSR count). The summed E-state index contributed by atoms with van der Waals surface area (Å²) in [5.74, 6) is -0.609. The number of carbonyl (C=O) groups excluding carboxylic acids is 2. The molecule has 1 aromatic carbocycles. The molecule has 1 aliphatic carbocycles. The number of aromatic nitrogens is 2. The van der Waals surface area contributed by atoms with Gasteiger partial charge in [0, 0.05) is 24.2 Å². The Kier molecular flexibility index (Phi) is 5.29. The molecule has 2 aromatic heterocycles. The zero-order valence-electron chi connectivity index (χ0n) is 17.4. The summed E-state index contributed by atoms with van der Waals surface area (Å²) in [5.41, 5.74) is 0.995. The second-order valence-electron chi connectivity index (χ2n) is 8.58. The smallest absolute Gasteiger partial charge is 0.270 e. The Bertz CT molecular complexity index is 1210. The number of rotatable bonds is 3. The van der Waals surface area contributed by atoms with Gasteiger partial charge in [-0.15, -0.1) is 0 Å². The standard InChI is InChI=1S/C24H22ClFN4O2/c25-18-14-16(26)4-6-20(18)30-13-11-24(23(30)32)9-7-17(8-10-24)28-22(31)19-5-3-15-2-1-12-27-21(15)29-19/h1-6,12,14,17H,7-11,13H2,(H,28,31). The van der Waals surface area contributed by atoms with Crippen LogP contribution in [-0.4, -0.2) is 34.4 Å². The number of carbonyl (C=O) groups is 2. The molecular weight excluding hydrogens is 431 g/mol. The number of hydrogen-bond acceptors (Lipinski definition) is 4. The highest BCUT2D eigenvalue weighted by Gasteiger charge is 2.49. The monoisotopic (exact) mass is 452 g/mol. The molecule has 1 saturated heterocycles. The van der Waals surface area contributed by atoms with E-state index in [4.69, 9.17) is 11.6 Å². The molecule has 164 valence electrons. The molecule has 2 amide bonds. The number of benzene rings is 1. The highest BCUT2D eigenvalue weighted by Crippen LogP contribution is 2.47. The van der Waals surface area contributed by atoms with Crippen LogP contribution in [0.25, 0.3) is 11.0 Å². The van der Waals surface area contributed by atoms with Crippen molar-refractivity contribution in [1.29, 1.82) is 0 Å². The molecule has 0 bridgehead atoms. The van der Waals surface area contributed by atoms with Crippen molar-refractivity contribution >= 4 is 40.1 Å². The minimum absolute atomic E-state index is 0.00869. The van der Waals surface area contributed by atoms with Crippen LogP contribution >= 0.6 is 11.6 Å². The highest BCUT2D eigenvalue weighted by molar-refractivity contribution is 6.34. The number of pyridine rings is 2. The molecule has 3 aromatic rings. The molecule has 0 atom stereocenters. The third-order valence-corrected chi connectivity index (χ3v) is 6.99. The summed E-state index contributed by atoms with van der Waals surface area (Å²) < 4.78 is 13.4. The summed E-state index contributed by atoms with van der Waals surface area (Å²) in [6.07, 6.45) is 5.21. The van der Waals surface area contributed by atoms with Crippen molar-refractivity contribution in [2.24, 2.45) is 5.41 Å². The lowest BCUT2D eigenvalue weighted by molar-refractivity contribution is -0.127. The van der Waals surface area contributed by atoms with Crippen LogP contribution in [0.3, 0.4) is 0 Å². The molecule has 32 heavy (non-hydrogen) atoms. The SMILES string of the molecule is O=C(NC1CCC2(CC1)CCN(c1ccc(F)cc1Cl)C2=O)c1ccc2cccnc2n1. The van der Waals surface area contributed by atoms with Crippen molar-refractivity contribution in [2.75, 3.05) is 11.4 Å². The van der Waals surface area contributed by atoms with E-state index in [2.05, 4.69) is 15.3 Å². The molecule has 1 spiro atoms. The van der Waals surface area contributed by atoms with Gasteiger partial charge in [0.15, 0.2) is 5.65 Å². The first kappa shape index (κ1) is 20.8. The Labute approximate surface area is 189 Å². The van der Waals surface area contributed by atoms with E-state index in [1.54, 1.807) is 23.2 Å². The van der Waals surface area contributed by atoms with E-state index in [-0.39, 0.29) is 22.9 Å². The van der Waals surface area contributed by atoms with Crippen LogP contribution in [0.1, 0.15) is 42.6 Å². The Hall–Kier alpha value is -3.06. The molecule has 0 radical (unpaired) electrons. The van der Waals surface area contributed by atoms with Crippen molar-refractivity contribution < 1.29 is 14.0 Å². The lowest BCUT2D eigenvalue weighted by Crippen LogP contribution is -2.44. The molecular formula is C24H22ClFN4O2. The van der Waals surface area contributed by atoms with Gasteiger partial charge in [-0.1, -0.05) is 11.6 Å². The lowest BCUT2D eigenvalue weighted by atomic mass is 9.71.